The van der Waals surface area contributed by atoms with Crippen LogP contribution in [0.25, 0.3) is 5.69 Å². The van der Waals surface area contributed by atoms with Crippen molar-refractivity contribution in [2.24, 2.45) is 5.10 Å². The zero-order chi connectivity index (χ0) is 21.8. The fourth-order valence-corrected chi connectivity index (χ4v) is 2.99. The van der Waals surface area contributed by atoms with E-state index in [-0.39, 0.29) is 16.8 Å². The molecule has 3 aromatic rings. The topological polar surface area (TPSA) is 100 Å². The molecule has 9 heteroatoms. The number of carbonyl (C=O) groups is 1. The van der Waals surface area contributed by atoms with Crippen molar-refractivity contribution >= 4 is 35.3 Å². The van der Waals surface area contributed by atoms with Crippen molar-refractivity contribution in [3.05, 3.63) is 90.8 Å². The standard InChI is InChI=1S/C21H15Cl2N5O2/c1-12-7-8-15(9-18(12)23)28-21(30)16(10-24)13(2)19(27-28)20(29)26-25-11-14-5-3-4-6-17(14)22/h3-9,11H,1-2H3,(H,26,29)/b25-11+. The number of halogens is 2. The van der Waals surface area contributed by atoms with E-state index in [1.54, 1.807) is 42.5 Å². The van der Waals surface area contributed by atoms with Gasteiger partial charge in [0.05, 0.1) is 11.9 Å². The lowest BCUT2D eigenvalue weighted by Gasteiger charge is -2.11. The summed E-state index contributed by atoms with van der Waals surface area (Å²) >= 11 is 12.2. The molecule has 150 valence electrons. The van der Waals surface area contributed by atoms with Crippen LogP contribution in [0, 0.1) is 25.2 Å². The second kappa shape index (κ2) is 8.91. The summed E-state index contributed by atoms with van der Waals surface area (Å²) in [7, 11) is 0. The molecule has 0 aliphatic heterocycles. The normalized spacial score (nSPS) is 10.8. The molecule has 0 aliphatic rings. The molecule has 0 saturated heterocycles. The van der Waals surface area contributed by atoms with Gasteiger partial charge in [-0.2, -0.15) is 20.1 Å². The van der Waals surface area contributed by atoms with Gasteiger partial charge in [0, 0.05) is 21.2 Å². The molecule has 7 nitrogen and oxygen atoms in total. The Morgan fingerprint density at radius 2 is 1.93 bits per heavy atom. The zero-order valence-corrected chi connectivity index (χ0v) is 17.5. The van der Waals surface area contributed by atoms with Gasteiger partial charge in [-0.3, -0.25) is 9.59 Å². The predicted octanol–water partition coefficient (Wildman–Crippen LogP) is 3.79. The van der Waals surface area contributed by atoms with E-state index in [0.29, 0.717) is 21.3 Å². The number of rotatable bonds is 4. The number of hydrazone groups is 1. The molecule has 30 heavy (non-hydrogen) atoms. The Bertz CT molecular complexity index is 1280. The van der Waals surface area contributed by atoms with Crippen molar-refractivity contribution in [1.82, 2.24) is 15.2 Å². The van der Waals surface area contributed by atoms with E-state index >= 15 is 0 Å². The van der Waals surface area contributed by atoms with Crippen LogP contribution in [0.2, 0.25) is 10.0 Å². The monoisotopic (exact) mass is 439 g/mol. The highest BCUT2D eigenvalue weighted by molar-refractivity contribution is 6.33. The summed E-state index contributed by atoms with van der Waals surface area (Å²) in [5, 5.41) is 18.4. The van der Waals surface area contributed by atoms with Crippen LogP contribution in [-0.2, 0) is 0 Å². The van der Waals surface area contributed by atoms with Gasteiger partial charge in [-0.15, -0.1) is 0 Å². The van der Waals surface area contributed by atoms with Crippen molar-refractivity contribution in [3.63, 3.8) is 0 Å². The molecule has 1 heterocycles. The summed E-state index contributed by atoms with van der Waals surface area (Å²) in [6, 6.07) is 13.7. The quantitative estimate of drug-likeness (QED) is 0.493. The second-order valence-electron chi connectivity index (χ2n) is 6.33. The number of carbonyl (C=O) groups excluding carboxylic acids is 1. The largest absolute Gasteiger partial charge is 0.292 e. The number of aromatic nitrogens is 2. The molecule has 1 aromatic heterocycles. The summed E-state index contributed by atoms with van der Waals surface area (Å²) < 4.78 is 0.976. The molecule has 0 bridgehead atoms. The van der Waals surface area contributed by atoms with E-state index in [0.717, 1.165) is 10.2 Å². The zero-order valence-electron chi connectivity index (χ0n) is 16.0. The predicted molar refractivity (Wildman–Crippen MR) is 116 cm³/mol. The Kier molecular flexibility index (Phi) is 6.31. The molecule has 0 fully saturated rings. The van der Waals surface area contributed by atoms with Crippen molar-refractivity contribution < 1.29 is 4.79 Å². The van der Waals surface area contributed by atoms with Crippen molar-refractivity contribution in [2.45, 2.75) is 13.8 Å². The minimum absolute atomic E-state index is 0.112. The van der Waals surface area contributed by atoms with Gasteiger partial charge in [0.25, 0.3) is 11.5 Å². The third-order valence-corrected chi connectivity index (χ3v) is 5.09. The van der Waals surface area contributed by atoms with Gasteiger partial charge in [-0.25, -0.2) is 5.43 Å². The highest BCUT2D eigenvalue weighted by Crippen LogP contribution is 2.19. The van der Waals surface area contributed by atoms with Gasteiger partial charge in [0.1, 0.15) is 11.6 Å². The molecule has 0 unspecified atom stereocenters. The van der Waals surface area contributed by atoms with Crippen LogP contribution in [0.3, 0.4) is 0 Å². The third-order valence-electron chi connectivity index (χ3n) is 4.34. The number of hydrogen-bond donors (Lipinski definition) is 1. The van der Waals surface area contributed by atoms with Crippen LogP contribution in [-0.4, -0.2) is 21.9 Å². The summed E-state index contributed by atoms with van der Waals surface area (Å²) in [4.78, 5) is 25.3. The first-order chi connectivity index (χ1) is 14.3. The number of aryl methyl sites for hydroxylation is 1. The lowest BCUT2D eigenvalue weighted by atomic mass is 10.1. The van der Waals surface area contributed by atoms with E-state index in [9.17, 15) is 14.9 Å². The maximum absolute atomic E-state index is 12.7. The molecule has 1 amide bonds. The SMILES string of the molecule is Cc1ccc(-n2nc(C(=O)N/N=C/c3ccccc3Cl)c(C)c(C#N)c2=O)cc1Cl. The van der Waals surface area contributed by atoms with Crippen LogP contribution < -0.4 is 11.0 Å². The Morgan fingerprint density at radius 3 is 2.60 bits per heavy atom. The Labute approximate surface area is 182 Å². The first-order valence-electron chi connectivity index (χ1n) is 8.72. The fourth-order valence-electron chi connectivity index (χ4n) is 2.63. The van der Waals surface area contributed by atoms with Crippen LogP contribution in [0.15, 0.2) is 52.4 Å². The lowest BCUT2D eigenvalue weighted by Crippen LogP contribution is -2.31. The molecular weight excluding hydrogens is 425 g/mol. The number of nitrogens with zero attached hydrogens (tertiary/aromatic N) is 4. The highest BCUT2D eigenvalue weighted by atomic mass is 35.5. The first kappa shape index (κ1) is 21.2. The molecule has 1 N–H and O–H groups in total. The summed E-state index contributed by atoms with van der Waals surface area (Å²) in [5.41, 5.74) is 3.31. The van der Waals surface area contributed by atoms with Crippen LogP contribution in [0.5, 0.6) is 0 Å². The maximum Gasteiger partial charge on any atom is 0.292 e. The van der Waals surface area contributed by atoms with E-state index < -0.39 is 11.5 Å². The van der Waals surface area contributed by atoms with Crippen LogP contribution in [0.1, 0.15) is 32.7 Å². The Morgan fingerprint density at radius 1 is 1.20 bits per heavy atom. The first-order valence-corrected chi connectivity index (χ1v) is 9.47. The molecule has 0 atom stereocenters. The van der Waals surface area contributed by atoms with Gasteiger partial charge < -0.3 is 0 Å². The molecule has 0 saturated carbocycles. The summed E-state index contributed by atoms with van der Waals surface area (Å²) in [6.07, 6.45) is 1.39. The fraction of sp³-hybridized carbons (Fsp3) is 0.0952. The van der Waals surface area contributed by atoms with E-state index in [1.165, 1.54) is 13.1 Å². The van der Waals surface area contributed by atoms with E-state index in [4.69, 9.17) is 23.2 Å². The molecule has 0 radical (unpaired) electrons. The lowest BCUT2D eigenvalue weighted by molar-refractivity contribution is 0.0947. The van der Waals surface area contributed by atoms with Crippen molar-refractivity contribution in [2.75, 3.05) is 0 Å². The highest BCUT2D eigenvalue weighted by Gasteiger charge is 2.20. The van der Waals surface area contributed by atoms with E-state index in [2.05, 4.69) is 15.6 Å². The average molecular weight is 440 g/mol. The molecule has 3 rings (SSSR count). The van der Waals surface area contributed by atoms with E-state index in [1.807, 2.05) is 13.0 Å². The van der Waals surface area contributed by atoms with Gasteiger partial charge in [-0.05, 0) is 37.6 Å². The van der Waals surface area contributed by atoms with Gasteiger partial charge in [-0.1, -0.05) is 47.5 Å². The van der Waals surface area contributed by atoms with Crippen LogP contribution >= 0.6 is 23.2 Å². The number of hydrogen-bond acceptors (Lipinski definition) is 5. The number of benzene rings is 2. The third kappa shape index (κ3) is 4.25. The van der Waals surface area contributed by atoms with Gasteiger partial charge >= 0.3 is 0 Å². The number of amides is 1. The molecule has 0 spiro atoms. The molecule has 2 aromatic carbocycles. The van der Waals surface area contributed by atoms with Crippen molar-refractivity contribution in [3.8, 4) is 11.8 Å². The second-order valence-corrected chi connectivity index (χ2v) is 7.15. The van der Waals surface area contributed by atoms with Gasteiger partial charge in [0.2, 0.25) is 0 Å². The molecular formula is C21H15Cl2N5O2. The Balaban J connectivity index is 2.01. The van der Waals surface area contributed by atoms with Crippen LogP contribution in [0.4, 0.5) is 0 Å². The number of nitriles is 1. The summed E-state index contributed by atoms with van der Waals surface area (Å²) in [5.74, 6) is -0.681. The summed E-state index contributed by atoms with van der Waals surface area (Å²) in [6.45, 7) is 3.29. The van der Waals surface area contributed by atoms with Crippen molar-refractivity contribution in [1.29, 1.82) is 5.26 Å². The average Bonchev–Trinajstić information content (AvgIpc) is 2.72. The minimum atomic E-state index is -0.681. The van der Waals surface area contributed by atoms with Gasteiger partial charge in [0.15, 0.2) is 5.69 Å². The maximum atomic E-state index is 12.7. The minimum Gasteiger partial charge on any atom is -0.266 e. The number of nitrogens with one attached hydrogen (secondary N) is 1. The smallest absolute Gasteiger partial charge is 0.266 e. The Hall–Kier alpha value is -3.47. The molecule has 0 aliphatic carbocycles.